The van der Waals surface area contributed by atoms with Crippen molar-refractivity contribution >= 4 is 23.1 Å². The van der Waals surface area contributed by atoms with E-state index in [1.54, 1.807) is 33.7 Å². The van der Waals surface area contributed by atoms with Gasteiger partial charge in [0.2, 0.25) is 0 Å². The summed E-state index contributed by atoms with van der Waals surface area (Å²) >= 11 is 0. The summed E-state index contributed by atoms with van der Waals surface area (Å²) < 4.78 is 14.5. The largest absolute Gasteiger partial charge is 0.457 e. The SMILES string of the molecule is CC(C)(C)OC(=O)N1CCC[C@H]1Cn1c(=O)n(-c2ccc(Oc3ccccc3)cc2)c2c(N)ncnc21. The van der Waals surface area contributed by atoms with E-state index in [2.05, 4.69) is 9.97 Å². The molecule has 5 rings (SSSR count). The number of nitrogen functional groups attached to an aromatic ring is 1. The average molecular weight is 503 g/mol. The lowest BCUT2D eigenvalue weighted by Gasteiger charge is -2.28. The molecular weight excluding hydrogens is 472 g/mol. The van der Waals surface area contributed by atoms with Gasteiger partial charge in [0.1, 0.15) is 28.9 Å². The number of likely N-dealkylation sites (tertiary alicyclic amines) is 1. The molecular formula is C27H30N6O4. The predicted octanol–water partition coefficient (Wildman–Crippen LogP) is 4.36. The number of imidazole rings is 1. The van der Waals surface area contributed by atoms with Gasteiger partial charge in [0.25, 0.3) is 0 Å². The lowest BCUT2D eigenvalue weighted by atomic mass is 10.2. The molecule has 37 heavy (non-hydrogen) atoms. The van der Waals surface area contributed by atoms with E-state index in [0.717, 1.165) is 12.8 Å². The van der Waals surface area contributed by atoms with Crippen LogP contribution < -0.4 is 16.2 Å². The summed E-state index contributed by atoms with van der Waals surface area (Å²) in [5, 5.41) is 0. The van der Waals surface area contributed by atoms with Crippen molar-refractivity contribution in [1.82, 2.24) is 24.0 Å². The first-order valence-electron chi connectivity index (χ1n) is 12.3. The highest BCUT2D eigenvalue weighted by Gasteiger charge is 2.33. The maximum absolute atomic E-state index is 13.7. The Hall–Kier alpha value is -4.34. The third-order valence-electron chi connectivity index (χ3n) is 6.21. The van der Waals surface area contributed by atoms with Gasteiger partial charge in [-0.05, 0) is 70.0 Å². The van der Waals surface area contributed by atoms with Gasteiger partial charge in [0, 0.05) is 13.1 Å². The normalized spacial score (nSPS) is 15.8. The summed E-state index contributed by atoms with van der Waals surface area (Å²) in [5.41, 5.74) is 6.76. The Morgan fingerprint density at radius 3 is 2.46 bits per heavy atom. The smallest absolute Gasteiger partial charge is 0.410 e. The van der Waals surface area contributed by atoms with Crippen LogP contribution in [0.15, 0.2) is 65.7 Å². The van der Waals surface area contributed by atoms with E-state index < -0.39 is 5.60 Å². The zero-order valence-corrected chi connectivity index (χ0v) is 21.1. The van der Waals surface area contributed by atoms with Crippen LogP contribution in [0.25, 0.3) is 16.9 Å². The topological polar surface area (TPSA) is 118 Å². The van der Waals surface area contributed by atoms with E-state index in [1.807, 2.05) is 51.1 Å². The van der Waals surface area contributed by atoms with Gasteiger partial charge in [0.05, 0.1) is 11.7 Å². The molecule has 0 spiro atoms. The van der Waals surface area contributed by atoms with E-state index in [-0.39, 0.29) is 30.2 Å². The molecule has 10 heteroatoms. The van der Waals surface area contributed by atoms with Gasteiger partial charge >= 0.3 is 11.8 Å². The first-order chi connectivity index (χ1) is 17.7. The highest BCUT2D eigenvalue weighted by atomic mass is 16.6. The van der Waals surface area contributed by atoms with Gasteiger partial charge in [-0.2, -0.15) is 0 Å². The minimum Gasteiger partial charge on any atom is -0.457 e. The van der Waals surface area contributed by atoms with Crippen molar-refractivity contribution in [3.63, 3.8) is 0 Å². The minimum atomic E-state index is -0.602. The van der Waals surface area contributed by atoms with Gasteiger partial charge in [-0.1, -0.05) is 18.2 Å². The molecule has 0 saturated carbocycles. The molecule has 1 atom stereocenters. The van der Waals surface area contributed by atoms with Gasteiger partial charge < -0.3 is 20.1 Å². The quantitative estimate of drug-likeness (QED) is 0.431. The molecule has 10 nitrogen and oxygen atoms in total. The molecule has 1 aliphatic rings. The molecule has 2 aromatic carbocycles. The van der Waals surface area contributed by atoms with Crippen molar-refractivity contribution in [2.75, 3.05) is 12.3 Å². The lowest BCUT2D eigenvalue weighted by molar-refractivity contribution is 0.0214. The number of anilines is 1. The molecule has 1 fully saturated rings. The third-order valence-corrected chi connectivity index (χ3v) is 6.21. The number of amides is 1. The molecule has 2 N–H and O–H groups in total. The summed E-state index contributed by atoms with van der Waals surface area (Å²) in [6.07, 6.45) is 2.55. The third kappa shape index (κ3) is 5.00. The van der Waals surface area contributed by atoms with Gasteiger partial charge in [-0.15, -0.1) is 0 Å². The van der Waals surface area contributed by atoms with Crippen LogP contribution in [0.2, 0.25) is 0 Å². The number of hydrogen-bond donors (Lipinski definition) is 1. The predicted molar refractivity (Wildman–Crippen MR) is 140 cm³/mol. The van der Waals surface area contributed by atoms with Crippen LogP contribution in [-0.2, 0) is 11.3 Å². The first-order valence-corrected chi connectivity index (χ1v) is 12.3. The van der Waals surface area contributed by atoms with Crippen LogP contribution in [-0.4, -0.2) is 48.3 Å². The van der Waals surface area contributed by atoms with Crippen molar-refractivity contribution in [1.29, 1.82) is 0 Å². The zero-order valence-electron chi connectivity index (χ0n) is 21.1. The summed E-state index contributed by atoms with van der Waals surface area (Å²) in [4.78, 5) is 36.8. The average Bonchev–Trinajstić information content (AvgIpc) is 3.43. The standard InChI is InChI=1S/C27H30N6O4/c1-27(2,3)37-26(35)31-15-7-8-19(31)16-32-24-22(23(28)29-17-30-24)33(25(32)34)18-11-13-21(14-12-18)36-20-9-5-4-6-10-20/h4-6,9-14,17,19H,7-8,15-16H2,1-3H3,(H2,28,29,30)/t19-/m0/s1. The number of nitrogens with two attached hydrogens (primary N) is 1. The maximum atomic E-state index is 13.7. The second-order valence-corrected chi connectivity index (χ2v) is 10.0. The molecule has 0 bridgehead atoms. The van der Waals surface area contributed by atoms with Gasteiger partial charge in [-0.25, -0.2) is 19.6 Å². The van der Waals surface area contributed by atoms with E-state index >= 15 is 0 Å². The number of fused-ring (bicyclic) bond motifs is 1. The van der Waals surface area contributed by atoms with Crippen LogP contribution >= 0.6 is 0 Å². The molecule has 0 radical (unpaired) electrons. The zero-order chi connectivity index (χ0) is 26.2. The highest BCUT2D eigenvalue weighted by Crippen LogP contribution is 2.27. The van der Waals surface area contributed by atoms with Gasteiger partial charge in [0.15, 0.2) is 11.5 Å². The van der Waals surface area contributed by atoms with E-state index in [0.29, 0.717) is 34.9 Å². The molecule has 3 heterocycles. The molecule has 4 aromatic rings. The van der Waals surface area contributed by atoms with Crippen LogP contribution in [0.3, 0.4) is 0 Å². The Morgan fingerprint density at radius 2 is 1.76 bits per heavy atom. The van der Waals surface area contributed by atoms with Crippen molar-refractivity contribution in [2.24, 2.45) is 0 Å². The second-order valence-electron chi connectivity index (χ2n) is 10.0. The molecule has 1 amide bonds. The molecule has 0 unspecified atom stereocenters. The summed E-state index contributed by atoms with van der Waals surface area (Å²) in [6, 6.07) is 16.4. The van der Waals surface area contributed by atoms with Gasteiger partial charge in [-0.3, -0.25) is 9.13 Å². The molecule has 1 aliphatic heterocycles. The molecule has 2 aromatic heterocycles. The fraction of sp³-hybridized carbons (Fsp3) is 0.333. The number of carbonyl (C=O) groups is 1. The fourth-order valence-electron chi connectivity index (χ4n) is 4.59. The summed E-state index contributed by atoms with van der Waals surface area (Å²) in [5.74, 6) is 1.54. The summed E-state index contributed by atoms with van der Waals surface area (Å²) in [7, 11) is 0. The van der Waals surface area contributed by atoms with Crippen molar-refractivity contribution in [3.05, 3.63) is 71.4 Å². The number of hydrogen-bond acceptors (Lipinski definition) is 7. The van der Waals surface area contributed by atoms with E-state index in [1.165, 1.54) is 10.9 Å². The minimum absolute atomic E-state index is 0.195. The number of para-hydroxylation sites is 1. The number of rotatable bonds is 5. The van der Waals surface area contributed by atoms with E-state index in [9.17, 15) is 9.59 Å². The van der Waals surface area contributed by atoms with Crippen molar-refractivity contribution < 1.29 is 14.3 Å². The Morgan fingerprint density at radius 1 is 1.05 bits per heavy atom. The Labute approximate surface area is 214 Å². The molecule has 192 valence electrons. The number of nitrogens with zero attached hydrogens (tertiary/aromatic N) is 5. The second kappa shape index (κ2) is 9.61. The van der Waals surface area contributed by atoms with E-state index in [4.69, 9.17) is 15.2 Å². The van der Waals surface area contributed by atoms with Crippen LogP contribution in [0.4, 0.5) is 10.6 Å². The van der Waals surface area contributed by atoms with Crippen LogP contribution in [0, 0.1) is 0 Å². The molecule has 1 saturated heterocycles. The number of benzene rings is 2. The highest BCUT2D eigenvalue weighted by molar-refractivity contribution is 5.84. The lowest BCUT2D eigenvalue weighted by Crippen LogP contribution is -2.42. The van der Waals surface area contributed by atoms with Crippen molar-refractivity contribution in [2.45, 2.75) is 51.8 Å². The Bertz CT molecular complexity index is 1470. The monoisotopic (exact) mass is 502 g/mol. The van der Waals surface area contributed by atoms with Crippen LogP contribution in [0.1, 0.15) is 33.6 Å². The Balaban J connectivity index is 1.48. The summed E-state index contributed by atoms with van der Waals surface area (Å²) in [6.45, 7) is 6.36. The first kappa shape index (κ1) is 24.4. The molecule has 0 aliphatic carbocycles. The fourth-order valence-corrected chi connectivity index (χ4v) is 4.59. The number of aromatic nitrogens is 4. The number of ether oxygens (including phenoxy) is 2. The maximum Gasteiger partial charge on any atom is 0.410 e. The van der Waals surface area contributed by atoms with Crippen molar-refractivity contribution in [3.8, 4) is 17.2 Å². The Kier molecular flexibility index (Phi) is 6.32. The van der Waals surface area contributed by atoms with Crippen LogP contribution in [0.5, 0.6) is 11.5 Å². The number of carbonyl (C=O) groups excluding carboxylic acids is 1.